The van der Waals surface area contributed by atoms with E-state index < -0.39 is 0 Å². The third kappa shape index (κ3) is 5.19. The van der Waals surface area contributed by atoms with Gasteiger partial charge in [-0.1, -0.05) is 42.5 Å². The molecule has 1 amide bonds. The fourth-order valence-corrected chi connectivity index (χ4v) is 4.43. The molecule has 1 aliphatic heterocycles. The van der Waals surface area contributed by atoms with E-state index >= 15 is 0 Å². The van der Waals surface area contributed by atoms with Gasteiger partial charge in [-0.25, -0.2) is 4.98 Å². The van der Waals surface area contributed by atoms with Crippen LogP contribution >= 0.6 is 11.3 Å². The first-order valence-electron chi connectivity index (χ1n) is 10.7. The number of hydrogen-bond donors (Lipinski definition) is 1. The van der Waals surface area contributed by atoms with Crippen molar-refractivity contribution >= 4 is 28.2 Å². The number of pyridine rings is 1. The Morgan fingerprint density at radius 1 is 1.23 bits per heavy atom. The zero-order valence-corrected chi connectivity index (χ0v) is 18.7. The second-order valence-corrected chi connectivity index (χ2v) is 8.60. The molecule has 31 heavy (non-hydrogen) atoms. The van der Waals surface area contributed by atoms with Gasteiger partial charge in [0.15, 0.2) is 0 Å². The van der Waals surface area contributed by atoms with Crippen molar-refractivity contribution in [2.75, 3.05) is 18.5 Å². The van der Waals surface area contributed by atoms with Gasteiger partial charge in [-0.05, 0) is 49.9 Å². The van der Waals surface area contributed by atoms with Gasteiger partial charge < -0.3 is 15.0 Å². The lowest BCUT2D eigenvalue weighted by atomic mass is 10.1. The Morgan fingerprint density at radius 2 is 2.10 bits per heavy atom. The van der Waals surface area contributed by atoms with Crippen LogP contribution in [0.4, 0.5) is 10.9 Å². The van der Waals surface area contributed by atoms with Crippen LogP contribution in [0.25, 0.3) is 0 Å². The van der Waals surface area contributed by atoms with Gasteiger partial charge in [0.25, 0.3) is 0 Å². The number of nitrogens with one attached hydrogen (secondary N) is 1. The number of aromatic nitrogens is 3. The molecule has 1 atom stereocenters. The highest BCUT2D eigenvalue weighted by Crippen LogP contribution is 2.32. The molecule has 0 spiro atoms. The largest absolute Gasteiger partial charge is 0.493 e. The summed E-state index contributed by atoms with van der Waals surface area (Å²) in [6, 6.07) is 13.7. The van der Waals surface area contributed by atoms with Crippen molar-refractivity contribution in [3.8, 4) is 5.75 Å². The topological polar surface area (TPSA) is 80.2 Å². The average Bonchev–Trinajstić information content (AvgIpc) is 3.45. The number of anilines is 2. The van der Waals surface area contributed by atoms with Crippen molar-refractivity contribution in [3.63, 3.8) is 0 Å². The van der Waals surface area contributed by atoms with Gasteiger partial charge >= 0.3 is 0 Å². The Morgan fingerprint density at radius 3 is 2.90 bits per heavy atom. The molecule has 0 radical (unpaired) electrons. The SMILES string of the molecule is CCc1nnc(Nc2cccc(C3CCCN3C(=O)CCOc3ccccc3C)n2)s1. The number of benzene rings is 1. The van der Waals surface area contributed by atoms with Gasteiger partial charge in [0.05, 0.1) is 24.8 Å². The van der Waals surface area contributed by atoms with Crippen molar-refractivity contribution < 1.29 is 9.53 Å². The molecule has 1 fully saturated rings. The monoisotopic (exact) mass is 437 g/mol. The number of nitrogens with zero attached hydrogens (tertiary/aromatic N) is 4. The van der Waals surface area contributed by atoms with Crippen LogP contribution in [0.5, 0.6) is 5.75 Å². The van der Waals surface area contributed by atoms with Crippen LogP contribution < -0.4 is 10.1 Å². The van der Waals surface area contributed by atoms with E-state index in [1.54, 1.807) is 0 Å². The second kappa shape index (κ2) is 9.87. The zero-order chi connectivity index (χ0) is 21.6. The highest BCUT2D eigenvalue weighted by Gasteiger charge is 2.30. The minimum Gasteiger partial charge on any atom is -0.493 e. The number of aryl methyl sites for hydroxylation is 2. The molecule has 1 N–H and O–H groups in total. The van der Waals surface area contributed by atoms with E-state index in [0.717, 1.165) is 58.8 Å². The van der Waals surface area contributed by atoms with E-state index in [1.807, 2.05) is 54.3 Å². The summed E-state index contributed by atoms with van der Waals surface area (Å²) in [5.74, 6) is 1.66. The summed E-state index contributed by atoms with van der Waals surface area (Å²) >= 11 is 1.53. The Hall–Kier alpha value is -3.00. The number of carbonyl (C=O) groups excluding carboxylic acids is 1. The first-order chi connectivity index (χ1) is 15.1. The first kappa shape index (κ1) is 21.2. The number of para-hydroxylation sites is 1. The van der Waals surface area contributed by atoms with E-state index in [1.165, 1.54) is 11.3 Å². The van der Waals surface area contributed by atoms with Crippen LogP contribution in [-0.4, -0.2) is 39.1 Å². The van der Waals surface area contributed by atoms with Crippen LogP contribution in [0.3, 0.4) is 0 Å². The Kier molecular flexibility index (Phi) is 6.76. The lowest BCUT2D eigenvalue weighted by Gasteiger charge is -2.25. The predicted molar refractivity (Wildman–Crippen MR) is 122 cm³/mol. The van der Waals surface area contributed by atoms with Gasteiger partial charge in [-0.3, -0.25) is 4.79 Å². The maximum Gasteiger partial charge on any atom is 0.226 e. The molecule has 0 saturated carbocycles. The van der Waals surface area contributed by atoms with Crippen LogP contribution in [0.15, 0.2) is 42.5 Å². The summed E-state index contributed by atoms with van der Waals surface area (Å²) in [5.41, 5.74) is 1.97. The molecular weight excluding hydrogens is 410 g/mol. The van der Waals surface area contributed by atoms with Crippen LogP contribution in [0.1, 0.15) is 48.5 Å². The molecule has 162 valence electrons. The molecule has 7 nitrogen and oxygen atoms in total. The average molecular weight is 438 g/mol. The van der Waals surface area contributed by atoms with Gasteiger partial charge in [0, 0.05) is 6.54 Å². The molecule has 0 bridgehead atoms. The van der Waals surface area contributed by atoms with Gasteiger partial charge in [0.2, 0.25) is 11.0 Å². The standard InChI is InChI=1S/C23H27N5O2S/c1-3-21-26-27-23(31-21)25-20-12-6-9-17(24-20)18-10-7-14-28(18)22(29)13-15-30-19-11-5-4-8-16(19)2/h4-6,8-9,11-12,18H,3,7,10,13-15H2,1-2H3,(H,24,25,27). The predicted octanol–water partition coefficient (Wildman–Crippen LogP) is 4.68. The normalized spacial score (nSPS) is 15.8. The minimum atomic E-state index is -0.00617. The Bertz CT molecular complexity index is 1040. The number of carbonyl (C=O) groups is 1. The molecule has 4 rings (SSSR count). The third-order valence-electron chi connectivity index (χ3n) is 5.36. The van der Waals surface area contributed by atoms with E-state index in [0.29, 0.717) is 13.0 Å². The van der Waals surface area contributed by atoms with E-state index in [4.69, 9.17) is 9.72 Å². The molecular formula is C23H27N5O2S. The van der Waals surface area contributed by atoms with Crippen molar-refractivity contribution in [3.05, 3.63) is 58.7 Å². The molecule has 1 unspecified atom stereocenters. The lowest BCUT2D eigenvalue weighted by Crippen LogP contribution is -2.32. The van der Waals surface area contributed by atoms with Crippen molar-refractivity contribution in [2.24, 2.45) is 0 Å². The van der Waals surface area contributed by atoms with E-state index in [-0.39, 0.29) is 11.9 Å². The summed E-state index contributed by atoms with van der Waals surface area (Å²) in [6.07, 6.45) is 3.11. The summed E-state index contributed by atoms with van der Waals surface area (Å²) < 4.78 is 5.82. The summed E-state index contributed by atoms with van der Waals surface area (Å²) in [4.78, 5) is 19.6. The third-order valence-corrected chi connectivity index (χ3v) is 6.34. The minimum absolute atomic E-state index is 0.00617. The van der Waals surface area contributed by atoms with Gasteiger partial charge in [-0.15, -0.1) is 10.2 Å². The summed E-state index contributed by atoms with van der Waals surface area (Å²) in [5, 5.41) is 13.2. The molecule has 3 heterocycles. The van der Waals surface area contributed by atoms with E-state index in [2.05, 4.69) is 22.4 Å². The first-order valence-corrected chi connectivity index (χ1v) is 11.5. The highest BCUT2D eigenvalue weighted by molar-refractivity contribution is 7.15. The van der Waals surface area contributed by atoms with Gasteiger partial charge in [0.1, 0.15) is 16.6 Å². The lowest BCUT2D eigenvalue weighted by molar-refractivity contribution is -0.132. The Labute approximate surface area is 186 Å². The summed E-state index contributed by atoms with van der Waals surface area (Å²) in [6.45, 7) is 5.19. The Balaban J connectivity index is 1.38. The molecule has 8 heteroatoms. The fraction of sp³-hybridized carbons (Fsp3) is 0.391. The van der Waals surface area contributed by atoms with Crippen LogP contribution in [0, 0.1) is 6.92 Å². The number of rotatable bonds is 8. The molecule has 0 aliphatic carbocycles. The van der Waals surface area contributed by atoms with Crippen LogP contribution in [-0.2, 0) is 11.2 Å². The molecule has 3 aromatic rings. The maximum absolute atomic E-state index is 12.9. The fourth-order valence-electron chi connectivity index (χ4n) is 3.75. The maximum atomic E-state index is 12.9. The van der Waals surface area contributed by atoms with Crippen molar-refractivity contribution in [2.45, 2.75) is 45.6 Å². The molecule has 1 aromatic carbocycles. The highest BCUT2D eigenvalue weighted by atomic mass is 32.1. The van der Waals surface area contributed by atoms with Crippen molar-refractivity contribution in [1.29, 1.82) is 0 Å². The number of amides is 1. The van der Waals surface area contributed by atoms with Crippen LogP contribution in [0.2, 0.25) is 0 Å². The second-order valence-electron chi connectivity index (χ2n) is 7.54. The van der Waals surface area contributed by atoms with E-state index in [9.17, 15) is 4.79 Å². The van der Waals surface area contributed by atoms with Crippen molar-refractivity contribution in [1.82, 2.24) is 20.1 Å². The molecule has 1 aliphatic rings. The zero-order valence-electron chi connectivity index (χ0n) is 17.9. The number of hydrogen-bond acceptors (Lipinski definition) is 7. The molecule has 2 aromatic heterocycles. The quantitative estimate of drug-likeness (QED) is 0.551. The smallest absolute Gasteiger partial charge is 0.226 e. The van der Waals surface area contributed by atoms with Gasteiger partial charge in [-0.2, -0.15) is 0 Å². The number of ether oxygens (including phenoxy) is 1. The summed E-state index contributed by atoms with van der Waals surface area (Å²) in [7, 11) is 0. The number of likely N-dealkylation sites (tertiary alicyclic amines) is 1. The molecule has 1 saturated heterocycles.